The summed E-state index contributed by atoms with van der Waals surface area (Å²) in [5, 5.41) is 3.20. The van der Waals surface area contributed by atoms with Crippen LogP contribution in [0.25, 0.3) is 0 Å². The largest absolute Gasteiger partial charge is 0.439 e. The van der Waals surface area contributed by atoms with Gasteiger partial charge in [0.1, 0.15) is 17.4 Å². The lowest BCUT2D eigenvalue weighted by Gasteiger charge is -2.09. The minimum Gasteiger partial charge on any atom is -0.439 e. The molecule has 4 heteroatoms. The van der Waals surface area contributed by atoms with Gasteiger partial charge in [-0.3, -0.25) is 0 Å². The molecule has 0 aliphatic heterocycles. The monoisotopic (exact) mass is 271 g/mol. The number of ether oxygens (including phenoxy) is 1. The van der Waals surface area contributed by atoms with Gasteiger partial charge in [-0.25, -0.2) is 4.98 Å². The SMILES string of the molecule is CCNc1cc(Oc2ccc(CC)cc2)nc(CC)n1. The van der Waals surface area contributed by atoms with Crippen molar-refractivity contribution in [1.82, 2.24) is 9.97 Å². The van der Waals surface area contributed by atoms with Gasteiger partial charge in [-0.15, -0.1) is 0 Å². The number of nitrogens with zero attached hydrogens (tertiary/aromatic N) is 2. The fourth-order valence-electron chi connectivity index (χ4n) is 1.87. The fraction of sp³-hybridized carbons (Fsp3) is 0.375. The van der Waals surface area contributed by atoms with Gasteiger partial charge < -0.3 is 10.1 Å². The van der Waals surface area contributed by atoms with Crippen molar-refractivity contribution in [1.29, 1.82) is 0 Å². The molecule has 0 atom stereocenters. The highest BCUT2D eigenvalue weighted by atomic mass is 16.5. The predicted octanol–water partition coefficient (Wildman–Crippen LogP) is 3.83. The fourth-order valence-corrected chi connectivity index (χ4v) is 1.87. The first-order valence-electron chi connectivity index (χ1n) is 7.13. The molecule has 2 aromatic rings. The van der Waals surface area contributed by atoms with Gasteiger partial charge in [-0.1, -0.05) is 26.0 Å². The molecule has 0 spiro atoms. The highest BCUT2D eigenvalue weighted by molar-refractivity contribution is 5.40. The molecule has 0 bridgehead atoms. The van der Waals surface area contributed by atoms with Crippen LogP contribution in [0.15, 0.2) is 30.3 Å². The van der Waals surface area contributed by atoms with E-state index in [1.807, 2.05) is 32.0 Å². The lowest BCUT2D eigenvalue weighted by Crippen LogP contribution is -2.04. The first-order valence-corrected chi connectivity index (χ1v) is 7.13. The molecule has 0 aliphatic carbocycles. The van der Waals surface area contributed by atoms with E-state index in [0.717, 1.165) is 36.8 Å². The average Bonchev–Trinajstić information content (AvgIpc) is 2.48. The summed E-state index contributed by atoms with van der Waals surface area (Å²) in [5.74, 6) is 2.96. The highest BCUT2D eigenvalue weighted by Crippen LogP contribution is 2.22. The molecule has 1 aromatic heterocycles. The lowest BCUT2D eigenvalue weighted by atomic mass is 10.2. The van der Waals surface area contributed by atoms with Gasteiger partial charge in [0.2, 0.25) is 5.88 Å². The summed E-state index contributed by atoms with van der Waals surface area (Å²) in [4.78, 5) is 8.81. The van der Waals surface area contributed by atoms with E-state index in [1.165, 1.54) is 5.56 Å². The van der Waals surface area contributed by atoms with E-state index >= 15 is 0 Å². The van der Waals surface area contributed by atoms with Crippen LogP contribution >= 0.6 is 0 Å². The van der Waals surface area contributed by atoms with Gasteiger partial charge in [0, 0.05) is 19.0 Å². The zero-order chi connectivity index (χ0) is 14.4. The first kappa shape index (κ1) is 14.3. The third kappa shape index (κ3) is 3.70. The number of aromatic nitrogens is 2. The first-order chi connectivity index (χ1) is 9.75. The smallest absolute Gasteiger partial charge is 0.224 e. The van der Waals surface area contributed by atoms with Gasteiger partial charge in [0.15, 0.2) is 0 Å². The van der Waals surface area contributed by atoms with Crippen molar-refractivity contribution in [3.63, 3.8) is 0 Å². The Bertz CT molecular complexity index is 552. The number of rotatable bonds is 6. The Hall–Kier alpha value is -2.10. The third-order valence-electron chi connectivity index (χ3n) is 2.98. The molecular formula is C16H21N3O. The molecule has 0 aliphatic rings. The van der Waals surface area contributed by atoms with Crippen LogP contribution in [0, 0.1) is 0 Å². The number of hydrogen-bond acceptors (Lipinski definition) is 4. The summed E-state index contributed by atoms with van der Waals surface area (Å²) in [6.07, 6.45) is 1.81. The van der Waals surface area contributed by atoms with Crippen LogP contribution in [0.4, 0.5) is 5.82 Å². The standard InChI is InChI=1S/C16H21N3O/c1-4-12-7-9-13(10-8-12)20-16-11-15(17-6-3)18-14(5-2)19-16/h7-11H,4-6H2,1-3H3,(H,17,18,19). The van der Waals surface area contributed by atoms with Crippen LogP contribution in [0.5, 0.6) is 11.6 Å². The summed E-state index contributed by atoms with van der Waals surface area (Å²) in [6, 6.07) is 9.92. The predicted molar refractivity (Wildman–Crippen MR) is 81.5 cm³/mol. The van der Waals surface area contributed by atoms with E-state index < -0.39 is 0 Å². The van der Waals surface area contributed by atoms with E-state index in [0.29, 0.717) is 5.88 Å². The molecule has 0 unspecified atom stereocenters. The van der Waals surface area contributed by atoms with Gasteiger partial charge in [-0.2, -0.15) is 4.98 Å². The van der Waals surface area contributed by atoms with E-state index in [9.17, 15) is 0 Å². The number of anilines is 1. The van der Waals surface area contributed by atoms with E-state index in [-0.39, 0.29) is 0 Å². The number of hydrogen-bond donors (Lipinski definition) is 1. The number of nitrogens with one attached hydrogen (secondary N) is 1. The van der Waals surface area contributed by atoms with Crippen LogP contribution in [0.2, 0.25) is 0 Å². The van der Waals surface area contributed by atoms with E-state index in [4.69, 9.17) is 4.74 Å². The minimum atomic E-state index is 0.581. The van der Waals surface area contributed by atoms with Crippen LogP contribution in [-0.4, -0.2) is 16.5 Å². The van der Waals surface area contributed by atoms with E-state index in [2.05, 4.69) is 34.3 Å². The molecule has 1 aromatic carbocycles. The Kier molecular flexibility index (Phi) is 4.93. The maximum Gasteiger partial charge on any atom is 0.224 e. The second kappa shape index (κ2) is 6.89. The molecule has 1 N–H and O–H groups in total. The van der Waals surface area contributed by atoms with Crippen LogP contribution in [0.1, 0.15) is 32.2 Å². The maximum absolute atomic E-state index is 5.82. The molecule has 0 fully saturated rings. The molecule has 0 amide bonds. The quantitative estimate of drug-likeness (QED) is 0.867. The topological polar surface area (TPSA) is 47.0 Å². The Morgan fingerprint density at radius 2 is 1.75 bits per heavy atom. The molecule has 20 heavy (non-hydrogen) atoms. The van der Waals surface area contributed by atoms with Crippen molar-refractivity contribution in [3.8, 4) is 11.6 Å². The molecule has 0 radical (unpaired) electrons. The van der Waals surface area contributed by atoms with Crippen molar-refractivity contribution >= 4 is 5.82 Å². The normalized spacial score (nSPS) is 10.3. The van der Waals surface area contributed by atoms with E-state index in [1.54, 1.807) is 0 Å². The third-order valence-corrected chi connectivity index (χ3v) is 2.98. The zero-order valence-electron chi connectivity index (χ0n) is 12.3. The molecule has 0 saturated carbocycles. The Morgan fingerprint density at radius 1 is 1.00 bits per heavy atom. The van der Waals surface area contributed by atoms with Gasteiger partial charge in [0.25, 0.3) is 0 Å². The number of benzene rings is 1. The Labute approximate surface area is 120 Å². The van der Waals surface area contributed by atoms with Crippen molar-refractivity contribution in [3.05, 3.63) is 41.7 Å². The summed E-state index contributed by atoms with van der Waals surface area (Å²) in [5.41, 5.74) is 1.29. The minimum absolute atomic E-state index is 0.581. The van der Waals surface area contributed by atoms with Crippen LogP contribution in [0.3, 0.4) is 0 Å². The molecule has 1 heterocycles. The zero-order valence-corrected chi connectivity index (χ0v) is 12.3. The number of aryl methyl sites for hydroxylation is 2. The van der Waals surface area contributed by atoms with Crippen LogP contribution in [-0.2, 0) is 12.8 Å². The van der Waals surface area contributed by atoms with Gasteiger partial charge >= 0.3 is 0 Å². The molecular weight excluding hydrogens is 250 g/mol. The maximum atomic E-state index is 5.82. The van der Waals surface area contributed by atoms with Gasteiger partial charge in [0.05, 0.1) is 0 Å². The highest BCUT2D eigenvalue weighted by Gasteiger charge is 2.05. The van der Waals surface area contributed by atoms with Crippen molar-refractivity contribution < 1.29 is 4.74 Å². The Balaban J connectivity index is 2.20. The summed E-state index contributed by atoms with van der Waals surface area (Å²) < 4.78 is 5.82. The van der Waals surface area contributed by atoms with Crippen molar-refractivity contribution in [2.45, 2.75) is 33.6 Å². The van der Waals surface area contributed by atoms with Crippen molar-refractivity contribution in [2.24, 2.45) is 0 Å². The van der Waals surface area contributed by atoms with Crippen LogP contribution < -0.4 is 10.1 Å². The summed E-state index contributed by atoms with van der Waals surface area (Å²) in [6.45, 7) is 7.03. The van der Waals surface area contributed by atoms with Gasteiger partial charge in [-0.05, 0) is 31.0 Å². The Morgan fingerprint density at radius 3 is 2.35 bits per heavy atom. The summed E-state index contributed by atoms with van der Waals surface area (Å²) >= 11 is 0. The summed E-state index contributed by atoms with van der Waals surface area (Å²) in [7, 11) is 0. The molecule has 0 saturated heterocycles. The molecule has 4 nitrogen and oxygen atoms in total. The molecule has 106 valence electrons. The lowest BCUT2D eigenvalue weighted by molar-refractivity contribution is 0.459. The second-order valence-electron chi connectivity index (χ2n) is 4.49. The van der Waals surface area contributed by atoms with Crippen molar-refractivity contribution in [2.75, 3.05) is 11.9 Å². The average molecular weight is 271 g/mol. The molecule has 2 rings (SSSR count). The second-order valence-corrected chi connectivity index (χ2v) is 4.49.